The van der Waals surface area contributed by atoms with Crippen molar-refractivity contribution in [3.05, 3.63) is 24.0 Å². The van der Waals surface area contributed by atoms with E-state index < -0.39 is 5.97 Å². The molecule has 1 aromatic rings. The molecule has 0 aliphatic carbocycles. The van der Waals surface area contributed by atoms with E-state index >= 15 is 0 Å². The van der Waals surface area contributed by atoms with Crippen LogP contribution in [0.15, 0.2) is 18.3 Å². The van der Waals surface area contributed by atoms with Crippen LogP contribution in [0.4, 0.5) is 10.5 Å². The second-order valence-electron chi connectivity index (χ2n) is 4.39. The third-order valence-electron chi connectivity index (χ3n) is 2.99. The fourth-order valence-electron chi connectivity index (χ4n) is 1.87. The molecule has 1 aliphatic rings. The van der Waals surface area contributed by atoms with Gasteiger partial charge in [-0.3, -0.25) is 0 Å². The Bertz CT molecular complexity index is 466. The Morgan fingerprint density at radius 2 is 2.00 bits per heavy atom. The number of nitrogens with zero attached hydrogens (tertiary/aromatic N) is 2. The number of anilines is 1. The molecule has 2 rings (SSSR count). The van der Waals surface area contributed by atoms with Gasteiger partial charge in [-0.25, -0.2) is 14.6 Å². The first-order chi connectivity index (χ1) is 9.06. The van der Waals surface area contributed by atoms with Crippen molar-refractivity contribution in [3.63, 3.8) is 0 Å². The first-order valence-corrected chi connectivity index (χ1v) is 5.99. The third kappa shape index (κ3) is 3.41. The smallest absolute Gasteiger partial charge is 0.354 e. The van der Waals surface area contributed by atoms with E-state index in [0.717, 1.165) is 0 Å². The molecule has 2 amide bonds. The van der Waals surface area contributed by atoms with Gasteiger partial charge in [0.05, 0.1) is 18.0 Å². The lowest BCUT2D eigenvalue weighted by atomic mass is 10.1. The van der Waals surface area contributed by atoms with Crippen molar-refractivity contribution < 1.29 is 19.8 Å². The van der Waals surface area contributed by atoms with Crippen molar-refractivity contribution in [2.24, 2.45) is 0 Å². The molecule has 7 nitrogen and oxygen atoms in total. The third-order valence-corrected chi connectivity index (χ3v) is 2.99. The van der Waals surface area contributed by atoms with E-state index in [2.05, 4.69) is 10.3 Å². The second-order valence-corrected chi connectivity index (χ2v) is 4.39. The maximum Gasteiger partial charge on any atom is 0.354 e. The lowest BCUT2D eigenvalue weighted by Crippen LogP contribution is -2.42. The minimum absolute atomic E-state index is 0.0703. The van der Waals surface area contributed by atoms with Gasteiger partial charge in [-0.05, 0) is 25.0 Å². The summed E-state index contributed by atoms with van der Waals surface area (Å²) in [5, 5.41) is 20.7. The number of pyridine rings is 1. The largest absolute Gasteiger partial charge is 0.477 e. The van der Waals surface area contributed by atoms with Gasteiger partial charge in [0.2, 0.25) is 0 Å². The van der Waals surface area contributed by atoms with Crippen molar-refractivity contribution in [2.45, 2.75) is 18.9 Å². The number of aliphatic hydroxyl groups excluding tert-OH is 1. The number of carboxylic acids is 1. The highest BCUT2D eigenvalue weighted by Gasteiger charge is 2.21. The van der Waals surface area contributed by atoms with E-state index in [-0.39, 0.29) is 17.8 Å². The van der Waals surface area contributed by atoms with Crippen LogP contribution in [0.3, 0.4) is 0 Å². The Morgan fingerprint density at radius 3 is 2.53 bits per heavy atom. The van der Waals surface area contributed by atoms with Crippen molar-refractivity contribution >= 4 is 17.7 Å². The molecule has 1 aromatic heterocycles. The molecule has 0 atom stereocenters. The Labute approximate surface area is 109 Å². The van der Waals surface area contributed by atoms with Gasteiger partial charge in [-0.15, -0.1) is 0 Å². The molecule has 0 bridgehead atoms. The number of hydrogen-bond acceptors (Lipinski definition) is 4. The first-order valence-electron chi connectivity index (χ1n) is 5.99. The molecule has 2 heterocycles. The Hall–Kier alpha value is -2.15. The van der Waals surface area contributed by atoms with E-state index in [1.54, 1.807) is 4.90 Å². The number of nitrogens with one attached hydrogen (secondary N) is 1. The molecule has 0 unspecified atom stereocenters. The SMILES string of the molecule is O=C(O)c1ccc(NC(=O)N2CCC(O)CC2)cn1. The van der Waals surface area contributed by atoms with Crippen LogP contribution in [0, 0.1) is 0 Å². The number of aromatic nitrogens is 1. The normalized spacial score (nSPS) is 16.2. The van der Waals surface area contributed by atoms with Crippen LogP contribution in [-0.2, 0) is 0 Å². The minimum Gasteiger partial charge on any atom is -0.477 e. The summed E-state index contributed by atoms with van der Waals surface area (Å²) in [6, 6.07) is 2.56. The number of amides is 2. The van der Waals surface area contributed by atoms with Crippen LogP contribution in [-0.4, -0.2) is 51.3 Å². The van der Waals surface area contributed by atoms with E-state index in [9.17, 15) is 14.7 Å². The summed E-state index contributed by atoms with van der Waals surface area (Å²) in [7, 11) is 0. The van der Waals surface area contributed by atoms with E-state index in [1.165, 1.54) is 18.3 Å². The number of carboxylic acid groups (broad SMARTS) is 1. The van der Waals surface area contributed by atoms with Gasteiger partial charge in [0.1, 0.15) is 5.69 Å². The Balaban J connectivity index is 1.93. The molecule has 102 valence electrons. The van der Waals surface area contributed by atoms with Crippen molar-refractivity contribution in [1.29, 1.82) is 0 Å². The van der Waals surface area contributed by atoms with Crippen LogP contribution in [0.2, 0.25) is 0 Å². The molecular weight excluding hydrogens is 250 g/mol. The summed E-state index contributed by atoms with van der Waals surface area (Å²) in [5.41, 5.74) is 0.375. The number of hydrogen-bond donors (Lipinski definition) is 3. The summed E-state index contributed by atoms with van der Waals surface area (Å²) in [6.45, 7) is 1.02. The van der Waals surface area contributed by atoms with Crippen LogP contribution >= 0.6 is 0 Å². The highest BCUT2D eigenvalue weighted by atomic mass is 16.4. The zero-order valence-corrected chi connectivity index (χ0v) is 10.2. The molecule has 7 heteroatoms. The molecule has 1 aliphatic heterocycles. The van der Waals surface area contributed by atoms with Gasteiger partial charge in [-0.1, -0.05) is 0 Å². The van der Waals surface area contributed by atoms with Gasteiger partial charge in [0.15, 0.2) is 0 Å². The highest BCUT2D eigenvalue weighted by Crippen LogP contribution is 2.12. The molecule has 0 saturated carbocycles. The van der Waals surface area contributed by atoms with Gasteiger partial charge < -0.3 is 20.4 Å². The summed E-state index contributed by atoms with van der Waals surface area (Å²) < 4.78 is 0. The molecule has 3 N–H and O–H groups in total. The van der Waals surface area contributed by atoms with Crippen molar-refractivity contribution in [2.75, 3.05) is 18.4 Å². The molecule has 0 radical (unpaired) electrons. The van der Waals surface area contributed by atoms with Crippen molar-refractivity contribution in [3.8, 4) is 0 Å². The molecule has 1 saturated heterocycles. The standard InChI is InChI=1S/C12H15N3O4/c16-9-3-5-15(6-4-9)12(19)14-8-1-2-10(11(17)18)13-7-8/h1-2,7,9,16H,3-6H2,(H,14,19)(H,17,18). The average molecular weight is 265 g/mol. The van der Waals surface area contributed by atoms with Gasteiger partial charge in [-0.2, -0.15) is 0 Å². The van der Waals surface area contributed by atoms with Crippen LogP contribution in [0.1, 0.15) is 23.3 Å². The number of carbonyl (C=O) groups excluding carboxylic acids is 1. The summed E-state index contributed by atoms with van der Waals surface area (Å²) in [5.74, 6) is -1.11. The van der Waals surface area contributed by atoms with Gasteiger partial charge in [0.25, 0.3) is 0 Å². The molecule has 1 fully saturated rings. The van der Waals surface area contributed by atoms with Crippen LogP contribution in [0.5, 0.6) is 0 Å². The van der Waals surface area contributed by atoms with E-state index in [4.69, 9.17) is 5.11 Å². The zero-order valence-electron chi connectivity index (χ0n) is 10.2. The Kier molecular flexibility index (Phi) is 3.96. The number of carbonyl (C=O) groups is 2. The predicted octanol–water partition coefficient (Wildman–Crippen LogP) is 0.768. The summed E-state index contributed by atoms with van der Waals surface area (Å²) in [4.78, 5) is 27.8. The first kappa shape index (κ1) is 13.3. The number of aliphatic hydroxyl groups is 1. The fourth-order valence-corrected chi connectivity index (χ4v) is 1.87. The lowest BCUT2D eigenvalue weighted by molar-refractivity contribution is 0.0690. The zero-order chi connectivity index (χ0) is 13.8. The van der Waals surface area contributed by atoms with E-state index in [1.807, 2.05) is 0 Å². The van der Waals surface area contributed by atoms with Gasteiger partial charge >= 0.3 is 12.0 Å². The number of piperidine rings is 1. The average Bonchev–Trinajstić information content (AvgIpc) is 2.40. The quantitative estimate of drug-likeness (QED) is 0.732. The number of rotatable bonds is 2. The predicted molar refractivity (Wildman–Crippen MR) is 67.0 cm³/mol. The summed E-state index contributed by atoms with van der Waals surface area (Å²) in [6.07, 6.45) is 2.12. The highest BCUT2D eigenvalue weighted by molar-refractivity contribution is 5.90. The van der Waals surface area contributed by atoms with Crippen LogP contribution in [0.25, 0.3) is 0 Å². The van der Waals surface area contributed by atoms with E-state index in [0.29, 0.717) is 31.6 Å². The topological polar surface area (TPSA) is 103 Å². The molecular formula is C12H15N3O4. The van der Waals surface area contributed by atoms with Crippen LogP contribution < -0.4 is 5.32 Å². The Morgan fingerprint density at radius 1 is 1.32 bits per heavy atom. The maximum atomic E-state index is 11.9. The van der Waals surface area contributed by atoms with Crippen molar-refractivity contribution in [1.82, 2.24) is 9.88 Å². The molecule has 0 aromatic carbocycles. The molecule has 0 spiro atoms. The molecule has 19 heavy (non-hydrogen) atoms. The lowest BCUT2D eigenvalue weighted by Gasteiger charge is -2.29. The van der Waals surface area contributed by atoms with Gasteiger partial charge in [0, 0.05) is 13.1 Å². The number of urea groups is 1. The monoisotopic (exact) mass is 265 g/mol. The second kappa shape index (κ2) is 5.66. The maximum absolute atomic E-state index is 11.9. The number of likely N-dealkylation sites (tertiary alicyclic amines) is 1. The number of aromatic carboxylic acids is 1. The fraction of sp³-hybridized carbons (Fsp3) is 0.417. The summed E-state index contributed by atoms with van der Waals surface area (Å²) >= 11 is 0. The minimum atomic E-state index is -1.11.